The molecule has 0 bridgehead atoms. The van der Waals surface area contributed by atoms with Crippen LogP contribution in [0.15, 0.2) is 103 Å². The van der Waals surface area contributed by atoms with Gasteiger partial charge in [0.25, 0.3) is 0 Å². The van der Waals surface area contributed by atoms with E-state index in [-0.39, 0.29) is 0 Å². The molecule has 30 heavy (non-hydrogen) atoms. The molecule has 0 unspecified atom stereocenters. The van der Waals surface area contributed by atoms with Gasteiger partial charge in [0.05, 0.1) is 16.6 Å². The Labute approximate surface area is 173 Å². The van der Waals surface area contributed by atoms with Crippen molar-refractivity contribution in [3.63, 3.8) is 0 Å². The van der Waals surface area contributed by atoms with E-state index in [1.165, 1.54) is 60.1 Å². The summed E-state index contributed by atoms with van der Waals surface area (Å²) >= 11 is 0. The number of para-hydroxylation sites is 3. The minimum atomic E-state index is 1.18. The van der Waals surface area contributed by atoms with E-state index in [0.29, 0.717) is 0 Å². The number of rotatable bonds is 1. The normalized spacial score (nSPS) is 12.0. The Bertz CT molecular complexity index is 1730. The Balaban J connectivity index is 1.90. The third-order valence-electron chi connectivity index (χ3n) is 6.30. The van der Waals surface area contributed by atoms with Crippen LogP contribution in [-0.2, 0) is 0 Å². The summed E-state index contributed by atoms with van der Waals surface area (Å²) in [6.45, 7) is 0. The lowest BCUT2D eigenvalue weighted by atomic mass is 9.99. The van der Waals surface area contributed by atoms with Gasteiger partial charge in [0.15, 0.2) is 0 Å². The summed E-state index contributed by atoms with van der Waals surface area (Å²) in [7, 11) is 0. The van der Waals surface area contributed by atoms with Crippen molar-refractivity contribution in [3.8, 4) is 5.69 Å². The molecule has 0 saturated carbocycles. The minimum Gasteiger partial charge on any atom is -0.354 e. The second-order valence-electron chi connectivity index (χ2n) is 7.88. The molecular formula is C28H18N2. The fourth-order valence-electron chi connectivity index (χ4n) is 5.10. The van der Waals surface area contributed by atoms with Crippen LogP contribution in [0.2, 0.25) is 0 Å². The summed E-state index contributed by atoms with van der Waals surface area (Å²) in [5.74, 6) is 0. The molecule has 0 atom stereocenters. The van der Waals surface area contributed by atoms with Crippen molar-refractivity contribution in [3.05, 3.63) is 103 Å². The summed E-state index contributed by atoms with van der Waals surface area (Å²) in [5.41, 5.74) is 6.10. The molecule has 7 rings (SSSR count). The van der Waals surface area contributed by atoms with E-state index in [4.69, 9.17) is 0 Å². The lowest BCUT2D eigenvalue weighted by molar-refractivity contribution is 1.19. The van der Waals surface area contributed by atoms with Gasteiger partial charge < -0.3 is 9.55 Å². The van der Waals surface area contributed by atoms with Gasteiger partial charge in [-0.15, -0.1) is 0 Å². The summed E-state index contributed by atoms with van der Waals surface area (Å²) in [4.78, 5) is 3.72. The third kappa shape index (κ3) is 1.93. The highest BCUT2D eigenvalue weighted by atomic mass is 15.0. The molecule has 0 aliphatic heterocycles. The Morgan fingerprint density at radius 2 is 1.13 bits per heavy atom. The van der Waals surface area contributed by atoms with Crippen LogP contribution in [0.4, 0.5) is 0 Å². The van der Waals surface area contributed by atoms with Crippen molar-refractivity contribution in [2.75, 3.05) is 0 Å². The topological polar surface area (TPSA) is 20.7 Å². The van der Waals surface area contributed by atoms with E-state index in [1.54, 1.807) is 0 Å². The number of aromatic amines is 1. The van der Waals surface area contributed by atoms with E-state index in [2.05, 4.69) is 113 Å². The zero-order chi connectivity index (χ0) is 19.7. The lowest BCUT2D eigenvalue weighted by Crippen LogP contribution is -1.94. The van der Waals surface area contributed by atoms with Gasteiger partial charge in [0.2, 0.25) is 0 Å². The molecule has 0 spiro atoms. The first kappa shape index (κ1) is 15.8. The van der Waals surface area contributed by atoms with Crippen LogP contribution >= 0.6 is 0 Å². The molecule has 7 aromatic rings. The van der Waals surface area contributed by atoms with Gasteiger partial charge >= 0.3 is 0 Å². The highest BCUT2D eigenvalue weighted by molar-refractivity contribution is 6.36. The zero-order valence-corrected chi connectivity index (χ0v) is 16.3. The summed E-state index contributed by atoms with van der Waals surface area (Å²) in [6.07, 6.45) is 0. The van der Waals surface area contributed by atoms with E-state index >= 15 is 0 Å². The van der Waals surface area contributed by atoms with Crippen molar-refractivity contribution in [1.82, 2.24) is 9.55 Å². The van der Waals surface area contributed by atoms with Crippen LogP contribution in [0.5, 0.6) is 0 Å². The maximum Gasteiger partial charge on any atom is 0.0627 e. The van der Waals surface area contributed by atoms with Crippen LogP contribution in [0, 0.1) is 0 Å². The van der Waals surface area contributed by atoms with Gasteiger partial charge in [-0.1, -0.05) is 78.9 Å². The van der Waals surface area contributed by atoms with Crippen molar-refractivity contribution in [2.24, 2.45) is 0 Å². The molecule has 2 heteroatoms. The minimum absolute atomic E-state index is 1.18. The molecule has 5 aromatic carbocycles. The van der Waals surface area contributed by atoms with E-state index in [9.17, 15) is 0 Å². The average molecular weight is 382 g/mol. The fourth-order valence-corrected chi connectivity index (χ4v) is 5.10. The molecule has 0 amide bonds. The predicted octanol–water partition coefficient (Wildman–Crippen LogP) is 7.57. The van der Waals surface area contributed by atoms with Crippen LogP contribution in [0.25, 0.3) is 60.1 Å². The van der Waals surface area contributed by atoms with Gasteiger partial charge in [-0.3, -0.25) is 0 Å². The van der Waals surface area contributed by atoms with Gasteiger partial charge in [-0.25, -0.2) is 0 Å². The maximum atomic E-state index is 3.72. The van der Waals surface area contributed by atoms with Crippen LogP contribution in [0.1, 0.15) is 0 Å². The number of fused-ring (bicyclic) bond motifs is 10. The first-order valence-electron chi connectivity index (χ1n) is 10.3. The van der Waals surface area contributed by atoms with E-state index in [1.807, 2.05) is 0 Å². The summed E-state index contributed by atoms with van der Waals surface area (Å²) in [6, 6.07) is 36.9. The molecule has 0 aliphatic rings. The SMILES string of the molecule is c1ccc(-n2c3ccccc3c3c4c5ccccc5[nH]c4c4ccccc4c32)cc1. The van der Waals surface area contributed by atoms with E-state index < -0.39 is 0 Å². The fraction of sp³-hybridized carbons (Fsp3) is 0. The number of nitrogens with zero attached hydrogens (tertiary/aromatic N) is 1. The van der Waals surface area contributed by atoms with Crippen molar-refractivity contribution >= 4 is 54.4 Å². The van der Waals surface area contributed by atoms with Gasteiger partial charge in [0, 0.05) is 43.5 Å². The quantitative estimate of drug-likeness (QED) is 0.302. The Morgan fingerprint density at radius 3 is 1.97 bits per heavy atom. The molecule has 2 nitrogen and oxygen atoms in total. The Kier molecular flexibility index (Phi) is 3.03. The van der Waals surface area contributed by atoms with Crippen LogP contribution in [-0.4, -0.2) is 9.55 Å². The average Bonchev–Trinajstić information content (AvgIpc) is 3.36. The highest BCUT2D eigenvalue weighted by Gasteiger charge is 2.20. The van der Waals surface area contributed by atoms with Crippen molar-refractivity contribution in [2.45, 2.75) is 0 Å². The molecule has 2 aromatic heterocycles. The first-order chi connectivity index (χ1) is 14.9. The molecule has 0 fully saturated rings. The molecule has 0 saturated heterocycles. The van der Waals surface area contributed by atoms with Crippen molar-refractivity contribution in [1.29, 1.82) is 0 Å². The first-order valence-corrected chi connectivity index (χ1v) is 10.3. The molecule has 0 radical (unpaired) electrons. The third-order valence-corrected chi connectivity index (χ3v) is 6.30. The summed E-state index contributed by atoms with van der Waals surface area (Å²) < 4.78 is 2.42. The van der Waals surface area contributed by atoms with E-state index in [0.717, 1.165) is 0 Å². The van der Waals surface area contributed by atoms with Crippen LogP contribution < -0.4 is 0 Å². The standard InChI is InChI=1S/C28H18N2/c1-2-10-18(11-3-1)30-24-17-9-7-15-22(24)26-25-21-14-6-8-16-23(21)29-27(25)19-12-4-5-13-20(19)28(26)30/h1-17,29H. The van der Waals surface area contributed by atoms with Gasteiger partial charge in [0.1, 0.15) is 0 Å². The monoisotopic (exact) mass is 382 g/mol. The molecule has 0 aliphatic carbocycles. The lowest BCUT2D eigenvalue weighted by Gasteiger charge is -2.10. The number of hydrogen-bond acceptors (Lipinski definition) is 0. The zero-order valence-electron chi connectivity index (χ0n) is 16.3. The number of benzene rings is 5. The summed E-state index contributed by atoms with van der Waals surface area (Å²) in [5, 5.41) is 7.73. The van der Waals surface area contributed by atoms with Gasteiger partial charge in [-0.2, -0.15) is 0 Å². The number of nitrogens with one attached hydrogen (secondary N) is 1. The molecular weight excluding hydrogens is 364 g/mol. The smallest absolute Gasteiger partial charge is 0.0627 e. The Hall–Kier alpha value is -4.04. The maximum absolute atomic E-state index is 3.72. The van der Waals surface area contributed by atoms with Crippen molar-refractivity contribution < 1.29 is 0 Å². The van der Waals surface area contributed by atoms with Gasteiger partial charge in [-0.05, 0) is 24.3 Å². The largest absolute Gasteiger partial charge is 0.354 e. The molecule has 1 N–H and O–H groups in total. The number of aromatic nitrogens is 2. The predicted molar refractivity (Wildman–Crippen MR) is 128 cm³/mol. The highest BCUT2D eigenvalue weighted by Crippen LogP contribution is 2.44. The Morgan fingerprint density at radius 1 is 0.500 bits per heavy atom. The molecule has 2 heterocycles. The second kappa shape index (κ2) is 5.74. The van der Waals surface area contributed by atoms with Crippen LogP contribution in [0.3, 0.4) is 0 Å². The second-order valence-corrected chi connectivity index (χ2v) is 7.88. The number of H-pyrrole nitrogens is 1. The number of hydrogen-bond donors (Lipinski definition) is 1. The molecule has 140 valence electrons.